The average Bonchev–Trinajstić information content (AvgIpc) is 2.41. The van der Waals surface area contributed by atoms with Crippen molar-refractivity contribution >= 4 is 11.9 Å². The van der Waals surface area contributed by atoms with E-state index < -0.39 is 5.97 Å². The van der Waals surface area contributed by atoms with Gasteiger partial charge in [-0.1, -0.05) is 6.58 Å². The van der Waals surface area contributed by atoms with Gasteiger partial charge in [-0.2, -0.15) is 0 Å². The number of quaternary nitrogens is 1. The van der Waals surface area contributed by atoms with Crippen LogP contribution < -0.4 is 0 Å². The maximum Gasteiger partial charge on any atom is 0.373 e. The van der Waals surface area contributed by atoms with Crippen molar-refractivity contribution in [2.24, 2.45) is 0 Å². The van der Waals surface area contributed by atoms with E-state index >= 15 is 0 Å². The number of carbonyl (C=O) groups excluding carboxylic acids is 2. The van der Waals surface area contributed by atoms with Crippen molar-refractivity contribution in [3.05, 3.63) is 24.5 Å². The number of methoxy groups -OCH3 is 1. The number of hydrogen-bond donors (Lipinski definition) is 0. The van der Waals surface area contributed by atoms with E-state index in [2.05, 4.69) is 17.9 Å². The van der Waals surface area contributed by atoms with Crippen LogP contribution in [-0.4, -0.2) is 63.9 Å². The Morgan fingerprint density at radius 2 is 1.57 bits per heavy atom. The summed E-state index contributed by atoms with van der Waals surface area (Å²) in [6, 6.07) is 0. The molecule has 0 bridgehead atoms. The molecule has 0 spiro atoms. The lowest BCUT2D eigenvalue weighted by Gasteiger charge is -2.29. The molecule has 0 saturated carbocycles. The molecule has 0 fully saturated rings. The Labute approximate surface area is 126 Å². The van der Waals surface area contributed by atoms with E-state index in [-0.39, 0.29) is 18.3 Å². The predicted molar refractivity (Wildman–Crippen MR) is 79.3 cm³/mol. The summed E-state index contributed by atoms with van der Waals surface area (Å²) in [4.78, 5) is 22.5. The molecule has 0 amide bonds. The van der Waals surface area contributed by atoms with Gasteiger partial charge in [-0.3, -0.25) is 0 Å². The van der Waals surface area contributed by atoms with Crippen LogP contribution in [0.5, 0.6) is 0 Å². The Hall–Kier alpha value is -1.82. The normalized spacial score (nSPS) is 10.7. The van der Waals surface area contributed by atoms with Crippen molar-refractivity contribution in [2.75, 3.05) is 47.5 Å². The predicted octanol–water partition coefficient (Wildman–Crippen LogP) is 1.28. The monoisotopic (exact) mass is 300 g/mol. The highest BCUT2D eigenvalue weighted by Gasteiger charge is 2.17. The quantitative estimate of drug-likeness (QED) is 0.200. The van der Waals surface area contributed by atoms with Crippen molar-refractivity contribution in [1.82, 2.24) is 0 Å². The van der Waals surface area contributed by atoms with Crippen LogP contribution in [0.3, 0.4) is 0 Å². The molecule has 0 unspecified atom stereocenters. The lowest BCUT2D eigenvalue weighted by molar-refractivity contribution is -0.890. The van der Waals surface area contributed by atoms with E-state index in [1.807, 2.05) is 14.1 Å². The fraction of sp³-hybridized carbons (Fsp3) is 0.600. The second-order valence-electron chi connectivity index (χ2n) is 5.42. The van der Waals surface area contributed by atoms with Gasteiger partial charge in [0.05, 0.1) is 34.4 Å². The molecule has 120 valence electrons. The van der Waals surface area contributed by atoms with Crippen molar-refractivity contribution in [3.63, 3.8) is 0 Å². The van der Waals surface area contributed by atoms with E-state index in [1.165, 1.54) is 7.11 Å². The summed E-state index contributed by atoms with van der Waals surface area (Å²) in [6.45, 7) is 10.6. The molecular weight excluding hydrogens is 274 g/mol. The second kappa shape index (κ2) is 9.18. The summed E-state index contributed by atoms with van der Waals surface area (Å²) in [6.07, 6.45) is 0.727. The van der Waals surface area contributed by atoms with Gasteiger partial charge < -0.3 is 18.7 Å². The summed E-state index contributed by atoms with van der Waals surface area (Å²) in [7, 11) is 5.40. The van der Waals surface area contributed by atoms with Crippen LogP contribution in [0.1, 0.15) is 13.3 Å². The topological polar surface area (TPSA) is 61.8 Å². The van der Waals surface area contributed by atoms with E-state index in [1.54, 1.807) is 6.92 Å². The summed E-state index contributed by atoms with van der Waals surface area (Å²) < 4.78 is 15.4. The molecule has 0 aromatic carbocycles. The van der Waals surface area contributed by atoms with E-state index in [0.29, 0.717) is 23.2 Å². The molecule has 0 heterocycles. The highest BCUT2D eigenvalue weighted by Crippen LogP contribution is 2.02. The van der Waals surface area contributed by atoms with Crippen molar-refractivity contribution < 1.29 is 28.3 Å². The zero-order valence-electron chi connectivity index (χ0n) is 13.4. The zero-order chi connectivity index (χ0) is 16.5. The van der Waals surface area contributed by atoms with Crippen LogP contribution in [0.15, 0.2) is 24.5 Å². The fourth-order valence-electron chi connectivity index (χ4n) is 1.44. The smallest absolute Gasteiger partial charge is 0.373 e. The summed E-state index contributed by atoms with van der Waals surface area (Å²) in [5.41, 5.74) is 0.397. The van der Waals surface area contributed by atoms with Crippen molar-refractivity contribution in [2.45, 2.75) is 13.3 Å². The maximum atomic E-state index is 11.3. The molecule has 6 heteroatoms. The Bertz CT molecular complexity index is 401. The first-order chi connectivity index (χ1) is 9.69. The van der Waals surface area contributed by atoms with Crippen LogP contribution in [0.25, 0.3) is 0 Å². The van der Waals surface area contributed by atoms with Crippen LogP contribution in [0, 0.1) is 0 Å². The molecule has 0 aliphatic carbocycles. The third-order valence-corrected chi connectivity index (χ3v) is 2.89. The summed E-state index contributed by atoms with van der Waals surface area (Å²) in [5, 5.41) is 0. The molecule has 0 aliphatic heterocycles. The number of carbonyl (C=O) groups is 2. The minimum absolute atomic E-state index is 0.00739. The molecule has 0 rings (SSSR count). The highest BCUT2D eigenvalue weighted by atomic mass is 16.6. The SMILES string of the molecule is C=C(C)C(=O)OCCC[N+](C)(C)CCOC(=O)C(=C)OC. The molecule has 6 nitrogen and oxygen atoms in total. The minimum atomic E-state index is -0.548. The Balaban J connectivity index is 3.88. The van der Waals surface area contributed by atoms with Gasteiger partial charge >= 0.3 is 11.9 Å². The van der Waals surface area contributed by atoms with Crippen LogP contribution in [-0.2, 0) is 23.8 Å². The largest absolute Gasteiger partial charge is 0.490 e. The molecule has 0 atom stereocenters. The first-order valence-electron chi connectivity index (χ1n) is 6.74. The maximum absolute atomic E-state index is 11.3. The standard InChI is InChI=1S/C15H26NO5/c1-12(2)14(17)20-10-7-8-16(4,5)9-11-21-15(18)13(3)19-6/h1,3,7-11H2,2,4-6H3/q+1. The van der Waals surface area contributed by atoms with Gasteiger partial charge in [0.15, 0.2) is 5.76 Å². The van der Waals surface area contributed by atoms with Crippen LogP contribution in [0.2, 0.25) is 0 Å². The molecule has 0 aromatic heterocycles. The Morgan fingerprint density at radius 1 is 1.00 bits per heavy atom. The Morgan fingerprint density at radius 3 is 2.10 bits per heavy atom. The first-order valence-corrected chi connectivity index (χ1v) is 6.74. The third-order valence-electron chi connectivity index (χ3n) is 2.89. The number of ether oxygens (including phenoxy) is 3. The summed E-state index contributed by atoms with van der Waals surface area (Å²) in [5.74, 6) is -0.924. The number of rotatable bonds is 10. The van der Waals surface area contributed by atoms with Crippen LogP contribution >= 0.6 is 0 Å². The van der Waals surface area contributed by atoms with Gasteiger partial charge in [0.1, 0.15) is 13.2 Å². The van der Waals surface area contributed by atoms with E-state index in [0.717, 1.165) is 13.0 Å². The number of likely N-dealkylation sites (N-methyl/N-ethyl adjacent to an activating group) is 1. The van der Waals surface area contributed by atoms with Gasteiger partial charge in [0.25, 0.3) is 0 Å². The number of hydrogen-bond acceptors (Lipinski definition) is 5. The van der Waals surface area contributed by atoms with E-state index in [4.69, 9.17) is 9.47 Å². The average molecular weight is 300 g/mol. The molecule has 0 N–H and O–H groups in total. The van der Waals surface area contributed by atoms with Gasteiger partial charge in [-0.05, 0) is 13.5 Å². The molecular formula is C15H26NO5+. The lowest BCUT2D eigenvalue weighted by atomic mass is 10.3. The van der Waals surface area contributed by atoms with Crippen molar-refractivity contribution in [3.8, 4) is 0 Å². The lowest BCUT2D eigenvalue weighted by Crippen LogP contribution is -2.43. The van der Waals surface area contributed by atoms with Crippen LogP contribution in [0.4, 0.5) is 0 Å². The Kier molecular flexibility index (Phi) is 8.38. The minimum Gasteiger partial charge on any atom is -0.490 e. The first kappa shape index (κ1) is 19.2. The fourth-order valence-corrected chi connectivity index (χ4v) is 1.44. The third kappa shape index (κ3) is 8.86. The molecule has 0 aromatic rings. The molecule has 0 radical (unpaired) electrons. The number of nitrogens with zero attached hydrogens (tertiary/aromatic N) is 1. The highest BCUT2D eigenvalue weighted by molar-refractivity contribution is 5.86. The number of esters is 2. The molecule has 21 heavy (non-hydrogen) atoms. The van der Waals surface area contributed by atoms with Gasteiger partial charge in [0.2, 0.25) is 0 Å². The molecule has 0 saturated heterocycles. The van der Waals surface area contributed by atoms with Gasteiger partial charge in [0, 0.05) is 12.0 Å². The van der Waals surface area contributed by atoms with Gasteiger partial charge in [-0.25, -0.2) is 9.59 Å². The summed E-state index contributed by atoms with van der Waals surface area (Å²) >= 11 is 0. The molecule has 0 aliphatic rings. The van der Waals surface area contributed by atoms with E-state index in [9.17, 15) is 9.59 Å². The van der Waals surface area contributed by atoms with Gasteiger partial charge in [-0.15, -0.1) is 0 Å². The zero-order valence-corrected chi connectivity index (χ0v) is 13.4. The second-order valence-corrected chi connectivity index (χ2v) is 5.42. The van der Waals surface area contributed by atoms with Crippen molar-refractivity contribution in [1.29, 1.82) is 0 Å².